The summed E-state index contributed by atoms with van der Waals surface area (Å²) < 4.78 is 35.1. The molecule has 0 radical (unpaired) electrons. The summed E-state index contributed by atoms with van der Waals surface area (Å²) in [4.78, 5) is 25.8. The number of carbonyl (C=O) groups excluding carboxylic acids is 1. The topological polar surface area (TPSA) is 105 Å². The summed E-state index contributed by atoms with van der Waals surface area (Å²) in [5.41, 5.74) is 4.54. The van der Waals surface area contributed by atoms with Crippen molar-refractivity contribution >= 4 is 57.3 Å². The van der Waals surface area contributed by atoms with E-state index in [-0.39, 0.29) is 30.4 Å². The minimum Gasteiger partial charge on any atom is -0.497 e. The van der Waals surface area contributed by atoms with Crippen molar-refractivity contribution < 1.29 is 33.3 Å². The second-order valence-corrected chi connectivity index (χ2v) is 13.4. The van der Waals surface area contributed by atoms with E-state index in [1.54, 1.807) is 53.2 Å². The number of nitrogens with zero attached hydrogens (tertiary/aromatic N) is 3. The van der Waals surface area contributed by atoms with Gasteiger partial charge in [-0.05, 0) is 84.5 Å². The Balaban J connectivity index is 1.17. The van der Waals surface area contributed by atoms with Gasteiger partial charge in [-0.3, -0.25) is 9.48 Å². The van der Waals surface area contributed by atoms with Gasteiger partial charge in [0, 0.05) is 49.6 Å². The number of aldehydes is 1. The maximum Gasteiger partial charge on any atom is 0.352 e. The van der Waals surface area contributed by atoms with Crippen LogP contribution in [0.15, 0.2) is 71.6 Å². The molecule has 1 N–H and O–H groups in total. The highest BCUT2D eigenvalue weighted by Crippen LogP contribution is 2.43. The van der Waals surface area contributed by atoms with Crippen LogP contribution in [0.1, 0.15) is 44.2 Å². The van der Waals surface area contributed by atoms with Gasteiger partial charge >= 0.3 is 5.97 Å². The van der Waals surface area contributed by atoms with Crippen LogP contribution in [-0.4, -0.2) is 52.0 Å². The van der Waals surface area contributed by atoms with Gasteiger partial charge in [-0.15, -0.1) is 11.8 Å². The summed E-state index contributed by atoms with van der Waals surface area (Å²) in [5.74, 6) is 0.707. The molecule has 0 saturated carbocycles. The summed E-state index contributed by atoms with van der Waals surface area (Å²) in [6.45, 7) is 3.60. The summed E-state index contributed by atoms with van der Waals surface area (Å²) >= 11 is 8.43. The molecule has 2 aromatic heterocycles. The van der Waals surface area contributed by atoms with Crippen molar-refractivity contribution in [3.8, 4) is 22.6 Å². The molecule has 3 heterocycles. The van der Waals surface area contributed by atoms with E-state index in [0.717, 1.165) is 32.7 Å². The smallest absolute Gasteiger partial charge is 0.352 e. The molecule has 12 heteroatoms. The Morgan fingerprint density at radius 3 is 2.70 bits per heavy atom. The van der Waals surface area contributed by atoms with Crippen molar-refractivity contribution in [2.24, 2.45) is 0 Å². The molecule has 1 aliphatic rings. The third-order valence-corrected chi connectivity index (χ3v) is 10.3. The summed E-state index contributed by atoms with van der Waals surface area (Å²) in [6.07, 6.45) is 1.17. The molecule has 6 aromatic rings. The number of rotatable bonds is 12. The van der Waals surface area contributed by atoms with Crippen LogP contribution in [0.4, 0.5) is 4.39 Å². The fourth-order valence-electron chi connectivity index (χ4n) is 6.66. The van der Waals surface area contributed by atoms with Gasteiger partial charge in [0.2, 0.25) is 0 Å². The van der Waals surface area contributed by atoms with E-state index in [1.807, 2.05) is 36.4 Å². The van der Waals surface area contributed by atoms with E-state index in [9.17, 15) is 19.1 Å². The fraction of sp³-hybridized carbons (Fsp3) is 0.237. The molecule has 1 aliphatic heterocycles. The first kappa shape index (κ1) is 33.6. The Bertz CT molecular complexity index is 2270. The van der Waals surface area contributed by atoms with Crippen molar-refractivity contribution in [3.63, 3.8) is 0 Å². The third-order valence-electron chi connectivity index (χ3n) is 8.96. The summed E-state index contributed by atoms with van der Waals surface area (Å²) in [7, 11) is 1.63. The lowest BCUT2D eigenvalue weighted by atomic mass is 9.96. The highest BCUT2D eigenvalue weighted by molar-refractivity contribution is 7.98. The Hall–Kier alpha value is -4.84. The monoisotopic (exact) mass is 713 g/mol. The second kappa shape index (κ2) is 14.2. The van der Waals surface area contributed by atoms with E-state index in [1.165, 1.54) is 12.1 Å². The molecular formula is C38H33ClFN3O6S. The minimum atomic E-state index is -1.08. The number of carbonyl (C=O) groups is 2. The molecule has 0 spiro atoms. The van der Waals surface area contributed by atoms with Crippen molar-refractivity contribution in [1.29, 1.82) is 0 Å². The van der Waals surface area contributed by atoms with Crippen molar-refractivity contribution in [2.75, 3.05) is 20.3 Å². The molecule has 0 bridgehead atoms. The Labute approximate surface area is 296 Å². The van der Waals surface area contributed by atoms with Gasteiger partial charge in [0.05, 0.1) is 39.2 Å². The highest BCUT2D eigenvalue weighted by Gasteiger charge is 2.29. The molecule has 4 aromatic carbocycles. The standard InChI is InChI=1S/C38H33ClFN3O6S/c1-22-34-31(11-10-29(39)35(34)36-30(19-44)41-43-13-15-48-20-32(36)43)42(37(22)38(45)46)12-3-14-49-33-18-27(17-24-16-25(40)6-9-28(24)33)50-21-23-4-7-26(47-2)8-5-23/h4-11,16-19H,3,12-15,20-21H2,1-2H3,(H,45,46). The lowest BCUT2D eigenvalue weighted by molar-refractivity contribution is 0.0684. The zero-order chi connectivity index (χ0) is 34.9. The molecule has 0 unspecified atom stereocenters. The third kappa shape index (κ3) is 6.32. The molecule has 0 amide bonds. The van der Waals surface area contributed by atoms with Gasteiger partial charge in [-0.25, -0.2) is 9.18 Å². The normalized spacial score (nSPS) is 12.7. The number of aryl methyl sites for hydroxylation is 2. The van der Waals surface area contributed by atoms with Gasteiger partial charge in [0.15, 0.2) is 6.29 Å². The fourth-order valence-corrected chi connectivity index (χ4v) is 7.84. The Morgan fingerprint density at radius 2 is 1.94 bits per heavy atom. The van der Waals surface area contributed by atoms with E-state index in [0.29, 0.717) is 76.5 Å². The number of carboxylic acids is 1. The second-order valence-electron chi connectivity index (χ2n) is 12.0. The van der Waals surface area contributed by atoms with Crippen LogP contribution in [0.2, 0.25) is 5.02 Å². The van der Waals surface area contributed by atoms with Gasteiger partial charge in [-0.2, -0.15) is 5.10 Å². The number of carboxylic acid groups (broad SMARTS) is 1. The predicted octanol–water partition coefficient (Wildman–Crippen LogP) is 8.57. The maximum absolute atomic E-state index is 14.3. The molecule has 0 saturated heterocycles. The molecule has 256 valence electrons. The lowest BCUT2D eigenvalue weighted by Gasteiger charge is -2.17. The SMILES string of the molecule is COc1ccc(CSc2cc(OCCCn3c(C(=O)O)c(C)c4c(-c5c(C=O)nn6c5COCC6)c(Cl)ccc43)c3ccc(F)cc3c2)cc1. The Kier molecular flexibility index (Phi) is 9.54. The van der Waals surface area contributed by atoms with Crippen LogP contribution in [0.5, 0.6) is 11.5 Å². The number of halogens is 2. The molecule has 0 atom stereocenters. The first-order valence-electron chi connectivity index (χ1n) is 16.1. The van der Waals surface area contributed by atoms with Gasteiger partial charge in [0.1, 0.15) is 28.7 Å². The molecule has 7 rings (SSSR count). The largest absolute Gasteiger partial charge is 0.497 e. The lowest BCUT2D eigenvalue weighted by Crippen LogP contribution is -2.17. The molecular weight excluding hydrogens is 681 g/mol. The number of hydrogen-bond donors (Lipinski definition) is 1. The Morgan fingerprint density at radius 1 is 1.12 bits per heavy atom. The molecule has 0 aliphatic carbocycles. The van der Waals surface area contributed by atoms with Gasteiger partial charge in [-0.1, -0.05) is 23.7 Å². The number of aromatic nitrogens is 3. The zero-order valence-corrected chi connectivity index (χ0v) is 28.9. The predicted molar refractivity (Wildman–Crippen MR) is 191 cm³/mol. The average molecular weight is 714 g/mol. The number of ether oxygens (including phenoxy) is 3. The van der Waals surface area contributed by atoms with Crippen LogP contribution in [0.3, 0.4) is 0 Å². The van der Waals surface area contributed by atoms with Crippen LogP contribution < -0.4 is 9.47 Å². The number of aromatic carboxylic acids is 1. The zero-order valence-electron chi connectivity index (χ0n) is 27.4. The first-order valence-corrected chi connectivity index (χ1v) is 17.4. The number of hydrogen-bond acceptors (Lipinski definition) is 7. The molecule has 0 fully saturated rings. The summed E-state index contributed by atoms with van der Waals surface area (Å²) in [5, 5.41) is 17.4. The van der Waals surface area contributed by atoms with Crippen LogP contribution in [0, 0.1) is 12.7 Å². The van der Waals surface area contributed by atoms with Crippen molar-refractivity contribution in [1.82, 2.24) is 14.3 Å². The van der Waals surface area contributed by atoms with Crippen LogP contribution in [0.25, 0.3) is 32.8 Å². The number of benzene rings is 4. The van der Waals surface area contributed by atoms with Crippen LogP contribution in [-0.2, 0) is 30.2 Å². The number of methoxy groups -OCH3 is 1. The van der Waals surface area contributed by atoms with E-state index >= 15 is 0 Å². The van der Waals surface area contributed by atoms with E-state index < -0.39 is 5.97 Å². The van der Waals surface area contributed by atoms with Crippen molar-refractivity contribution in [2.45, 2.75) is 43.7 Å². The molecule has 9 nitrogen and oxygen atoms in total. The van der Waals surface area contributed by atoms with Crippen molar-refractivity contribution in [3.05, 3.63) is 106 Å². The summed E-state index contributed by atoms with van der Waals surface area (Å²) in [6, 6.07) is 19.9. The van der Waals surface area contributed by atoms with Gasteiger partial charge in [0.25, 0.3) is 0 Å². The first-order chi connectivity index (χ1) is 24.3. The van der Waals surface area contributed by atoms with Gasteiger partial charge < -0.3 is 23.9 Å². The molecule has 50 heavy (non-hydrogen) atoms. The minimum absolute atomic E-state index is 0.131. The number of thioether (sulfide) groups is 1. The quantitative estimate of drug-likeness (QED) is 0.0764. The van der Waals surface area contributed by atoms with E-state index in [4.69, 9.17) is 25.8 Å². The highest BCUT2D eigenvalue weighted by atomic mass is 35.5. The maximum atomic E-state index is 14.3. The average Bonchev–Trinajstić information content (AvgIpc) is 3.63. The van der Waals surface area contributed by atoms with Crippen LogP contribution >= 0.6 is 23.4 Å². The number of fused-ring (bicyclic) bond motifs is 3. The van der Waals surface area contributed by atoms with E-state index in [2.05, 4.69) is 5.10 Å².